The van der Waals surface area contributed by atoms with Gasteiger partial charge in [-0.3, -0.25) is 19.6 Å². The summed E-state index contributed by atoms with van der Waals surface area (Å²) in [5.74, 6) is -0.278. The number of fused-ring (bicyclic) bond motifs is 3. The summed E-state index contributed by atoms with van der Waals surface area (Å²) in [5.41, 5.74) is 0.749. The molecule has 8 rings (SSSR count). The van der Waals surface area contributed by atoms with Crippen LogP contribution in [0.2, 0.25) is 5.02 Å². The number of piperazine rings is 1. The van der Waals surface area contributed by atoms with Crippen molar-refractivity contribution in [2.75, 3.05) is 70.9 Å². The van der Waals surface area contributed by atoms with Gasteiger partial charge in [-0.1, -0.05) is 48.0 Å². The number of hydrogen-bond donors (Lipinski definition) is 0. The molecule has 3 atom stereocenters. The maximum absolute atomic E-state index is 16.2. The van der Waals surface area contributed by atoms with Crippen molar-refractivity contribution in [2.24, 2.45) is 0 Å². The van der Waals surface area contributed by atoms with Crippen molar-refractivity contribution in [1.82, 2.24) is 29.7 Å². The van der Waals surface area contributed by atoms with Crippen LogP contribution in [0.3, 0.4) is 0 Å². The molecule has 6 heterocycles. The van der Waals surface area contributed by atoms with Gasteiger partial charge in [0.05, 0.1) is 24.7 Å². The first-order valence-electron chi connectivity index (χ1n) is 18.7. The highest BCUT2D eigenvalue weighted by Crippen LogP contribution is 2.37. The molecule has 0 spiro atoms. The largest absolute Gasteiger partial charge is 0.467 e. The van der Waals surface area contributed by atoms with Crippen LogP contribution in [0.25, 0.3) is 32.9 Å². The Labute approximate surface area is 328 Å². The van der Waals surface area contributed by atoms with Gasteiger partial charge in [-0.2, -0.15) is 24.0 Å². The lowest BCUT2D eigenvalue weighted by molar-refractivity contribution is -0.158. The third-order valence-corrected chi connectivity index (χ3v) is 10.7. The Morgan fingerprint density at radius 1 is 1.07 bits per heavy atom. The summed E-state index contributed by atoms with van der Waals surface area (Å²) in [6, 6.07) is 13.4. The van der Waals surface area contributed by atoms with Crippen LogP contribution in [-0.4, -0.2) is 127 Å². The molecule has 0 aliphatic carbocycles. The third-order valence-electron chi connectivity index (χ3n) is 10.4. The van der Waals surface area contributed by atoms with E-state index in [0.717, 1.165) is 18.4 Å². The molecule has 3 unspecified atom stereocenters. The number of alkyl halides is 3. The number of ether oxygens (including phenoxy) is 2. The van der Waals surface area contributed by atoms with E-state index < -0.39 is 24.7 Å². The summed E-state index contributed by atoms with van der Waals surface area (Å²) in [6.07, 6.45) is 7.68. The standard InChI is InChI=1S/C31H30ClF3N6O3.C7H12FN.C2H3N/c1-43-31-37-28-22(17-36-27(26(28)33)21-7-2-5-19-6-3-8-23(32)25(19)21)29(38-31)41-15-13-40(14-16-41)24(42)9-4-11-39-12-10-20(18-39)44-30(34)35;8-6-4-7-2-1-3-9(7)5-6;1-2-3/h2-9,17,20,30H,10-16,18H2,1H3;6-7H,1-5H2;1H3/b9-4+;;. The van der Waals surface area contributed by atoms with E-state index in [-0.39, 0.29) is 23.1 Å². The Morgan fingerprint density at radius 2 is 1.82 bits per heavy atom. The summed E-state index contributed by atoms with van der Waals surface area (Å²) in [4.78, 5) is 34.1. The van der Waals surface area contributed by atoms with E-state index in [1.807, 2.05) is 34.1 Å². The van der Waals surface area contributed by atoms with E-state index in [9.17, 15) is 18.0 Å². The van der Waals surface area contributed by atoms with E-state index in [1.54, 1.807) is 35.4 Å². The van der Waals surface area contributed by atoms with Crippen molar-refractivity contribution in [2.45, 2.75) is 57.5 Å². The molecule has 56 heavy (non-hydrogen) atoms. The van der Waals surface area contributed by atoms with Gasteiger partial charge in [-0.15, -0.1) is 0 Å². The molecule has 16 heteroatoms. The molecule has 4 aliphatic rings. The minimum Gasteiger partial charge on any atom is -0.467 e. The van der Waals surface area contributed by atoms with Crippen molar-refractivity contribution >= 4 is 45.0 Å². The van der Waals surface area contributed by atoms with Crippen LogP contribution in [-0.2, 0) is 9.53 Å². The lowest BCUT2D eigenvalue weighted by Gasteiger charge is -2.35. The first-order valence-corrected chi connectivity index (χ1v) is 19.1. The smallest absolute Gasteiger partial charge is 0.345 e. The number of rotatable bonds is 8. The van der Waals surface area contributed by atoms with Crippen LogP contribution in [0.15, 0.2) is 54.7 Å². The van der Waals surface area contributed by atoms with Crippen molar-refractivity contribution in [3.63, 3.8) is 0 Å². The molecule has 4 saturated heterocycles. The molecule has 11 nitrogen and oxygen atoms in total. The molecule has 0 radical (unpaired) electrons. The molecule has 2 aromatic heterocycles. The van der Waals surface area contributed by atoms with Crippen molar-refractivity contribution in [3.8, 4) is 23.3 Å². The fourth-order valence-electron chi connectivity index (χ4n) is 7.83. The zero-order chi connectivity index (χ0) is 39.8. The zero-order valence-corrected chi connectivity index (χ0v) is 32.1. The van der Waals surface area contributed by atoms with E-state index >= 15 is 4.39 Å². The van der Waals surface area contributed by atoms with Gasteiger partial charge >= 0.3 is 12.6 Å². The fourth-order valence-corrected chi connectivity index (χ4v) is 8.11. The molecule has 298 valence electrons. The number of likely N-dealkylation sites (tertiary alicyclic amines) is 1. The average Bonchev–Trinajstić information content (AvgIpc) is 3.92. The second kappa shape index (κ2) is 19.0. The highest BCUT2D eigenvalue weighted by atomic mass is 35.5. The van der Waals surface area contributed by atoms with Gasteiger partial charge in [0.25, 0.3) is 0 Å². The Morgan fingerprint density at radius 3 is 2.54 bits per heavy atom. The van der Waals surface area contributed by atoms with Crippen LogP contribution < -0.4 is 9.64 Å². The molecule has 1 amide bonds. The zero-order valence-electron chi connectivity index (χ0n) is 31.4. The molecular weight excluding hydrogens is 752 g/mol. The van der Waals surface area contributed by atoms with Crippen LogP contribution in [0.1, 0.15) is 32.6 Å². The molecular formula is C40H45ClF4N8O3. The number of pyridine rings is 1. The Bertz CT molecular complexity index is 2040. The van der Waals surface area contributed by atoms with Gasteiger partial charge in [0.15, 0.2) is 5.82 Å². The average molecular weight is 797 g/mol. The molecule has 4 aromatic rings. The van der Waals surface area contributed by atoms with Gasteiger partial charge < -0.3 is 19.3 Å². The number of halogens is 5. The van der Waals surface area contributed by atoms with E-state index in [2.05, 4.69) is 24.6 Å². The van der Waals surface area contributed by atoms with E-state index in [1.165, 1.54) is 33.0 Å². The van der Waals surface area contributed by atoms with Gasteiger partial charge in [0, 0.05) is 93.6 Å². The molecule has 0 bridgehead atoms. The van der Waals surface area contributed by atoms with Crippen LogP contribution in [0.4, 0.5) is 23.4 Å². The van der Waals surface area contributed by atoms with Crippen LogP contribution >= 0.6 is 11.6 Å². The Hall–Kier alpha value is -4.62. The number of amides is 1. The van der Waals surface area contributed by atoms with Gasteiger partial charge in [-0.25, -0.2) is 8.78 Å². The summed E-state index contributed by atoms with van der Waals surface area (Å²) >= 11 is 6.50. The summed E-state index contributed by atoms with van der Waals surface area (Å²) in [5, 5.41) is 9.80. The second-order valence-electron chi connectivity index (χ2n) is 14.0. The molecule has 2 aromatic carbocycles. The number of anilines is 1. The third kappa shape index (κ3) is 9.66. The number of carbonyl (C=O) groups is 1. The number of benzene rings is 2. The Balaban J connectivity index is 0.000000378. The maximum atomic E-state index is 16.2. The predicted octanol–water partition coefficient (Wildman–Crippen LogP) is 6.89. The number of nitriles is 1. The number of carbonyl (C=O) groups excluding carboxylic acids is 1. The van der Waals surface area contributed by atoms with Crippen LogP contribution in [0, 0.1) is 17.1 Å². The minimum absolute atomic E-state index is 0.0176. The van der Waals surface area contributed by atoms with Crippen LogP contribution in [0.5, 0.6) is 6.01 Å². The van der Waals surface area contributed by atoms with E-state index in [4.69, 9.17) is 21.6 Å². The lowest BCUT2D eigenvalue weighted by atomic mass is 10.0. The number of methoxy groups -OCH3 is 1. The molecule has 4 aliphatic heterocycles. The van der Waals surface area contributed by atoms with Crippen molar-refractivity contribution in [1.29, 1.82) is 5.26 Å². The number of hydrogen-bond acceptors (Lipinski definition) is 10. The number of nitrogens with zero attached hydrogens (tertiary/aromatic N) is 8. The minimum atomic E-state index is -2.78. The summed E-state index contributed by atoms with van der Waals surface area (Å²) in [7, 11) is 1.42. The van der Waals surface area contributed by atoms with Crippen molar-refractivity contribution < 1.29 is 31.8 Å². The highest BCUT2D eigenvalue weighted by molar-refractivity contribution is 6.36. The predicted molar refractivity (Wildman–Crippen MR) is 207 cm³/mol. The summed E-state index contributed by atoms with van der Waals surface area (Å²) in [6.45, 7) is 3.79. The van der Waals surface area contributed by atoms with Gasteiger partial charge in [0.1, 0.15) is 23.2 Å². The highest BCUT2D eigenvalue weighted by Gasteiger charge is 2.35. The van der Waals surface area contributed by atoms with E-state index in [0.29, 0.717) is 92.0 Å². The normalized spacial score (nSPS) is 21.2. The van der Waals surface area contributed by atoms with Gasteiger partial charge in [0.2, 0.25) is 5.91 Å². The second-order valence-corrected chi connectivity index (χ2v) is 14.4. The SMILES string of the molecule is CC#N.COc1nc(N2CCN(C(=O)/C=C/CN3CCC(OC(F)F)C3)CC2)c2cnc(-c3cccc4cccc(Cl)c34)c(F)c2n1.FC1CC2CCCN2C1. The topological polar surface area (TPSA) is 111 Å². The fraction of sp³-hybridized carbons (Fsp3) is 0.475. The van der Waals surface area contributed by atoms with Crippen molar-refractivity contribution in [3.05, 3.63) is 65.6 Å². The monoisotopic (exact) mass is 796 g/mol. The lowest BCUT2D eigenvalue weighted by Crippen LogP contribution is -2.48. The van der Waals surface area contributed by atoms with Gasteiger partial charge in [-0.05, 0) is 43.7 Å². The quantitative estimate of drug-likeness (QED) is 0.138. The summed E-state index contributed by atoms with van der Waals surface area (Å²) < 4.78 is 63.6. The molecule has 0 saturated carbocycles. The molecule has 0 N–H and O–H groups in total. The number of aromatic nitrogens is 3. The first-order chi connectivity index (χ1) is 27.1. The Kier molecular flexibility index (Phi) is 13.9. The first kappa shape index (κ1) is 41.0. The molecule has 4 fully saturated rings. The maximum Gasteiger partial charge on any atom is 0.345 e.